The number of H-pyrrole nitrogens is 1. The number of aliphatic hydroxyl groups is 1. The molecule has 1 amide bonds. The van der Waals surface area contributed by atoms with Crippen molar-refractivity contribution in [2.24, 2.45) is 0 Å². The summed E-state index contributed by atoms with van der Waals surface area (Å²) in [4.78, 5) is 24.8. The molecule has 1 aliphatic heterocycles. The lowest BCUT2D eigenvalue weighted by Gasteiger charge is -2.13. The molecule has 0 unspecified atom stereocenters. The number of hydrogen-bond acceptors (Lipinski definition) is 11. The first-order valence-corrected chi connectivity index (χ1v) is 12.9. The highest BCUT2D eigenvalue weighted by molar-refractivity contribution is 8.26. The molecule has 4 heterocycles. The van der Waals surface area contributed by atoms with Crippen molar-refractivity contribution in [2.45, 2.75) is 12.8 Å². The van der Waals surface area contributed by atoms with E-state index < -0.39 is 0 Å². The minimum atomic E-state index is -0.0782. The van der Waals surface area contributed by atoms with Crippen LogP contribution in [0.1, 0.15) is 17.1 Å². The first-order chi connectivity index (χ1) is 17.1. The van der Waals surface area contributed by atoms with E-state index in [4.69, 9.17) is 17.3 Å². The van der Waals surface area contributed by atoms with Gasteiger partial charge in [0.1, 0.15) is 16.5 Å². The van der Waals surface area contributed by atoms with Crippen molar-refractivity contribution >= 4 is 68.3 Å². The highest BCUT2D eigenvalue weighted by Gasteiger charge is 2.31. The molecule has 35 heavy (non-hydrogen) atoms. The summed E-state index contributed by atoms with van der Waals surface area (Å²) in [5.41, 5.74) is 2.88. The molecule has 0 bridgehead atoms. The minimum Gasteiger partial charge on any atom is -0.395 e. The Hall–Kier alpha value is -3.26. The number of thiocarbonyl (C=S) groups is 1. The number of fused-ring (bicyclic) bond motifs is 1. The molecule has 1 saturated heterocycles. The molecule has 1 aliphatic rings. The number of carbonyl (C=O) groups excluding carboxylic acids is 1. The zero-order chi connectivity index (χ0) is 24.2. The van der Waals surface area contributed by atoms with Crippen LogP contribution in [0.3, 0.4) is 0 Å². The molecule has 0 radical (unpaired) electrons. The van der Waals surface area contributed by atoms with Crippen molar-refractivity contribution in [2.75, 3.05) is 25.0 Å². The molecular weight excluding hydrogens is 504 g/mol. The minimum absolute atomic E-state index is 0.0180. The summed E-state index contributed by atoms with van der Waals surface area (Å²) < 4.78 is 0.559. The molecule has 1 aromatic carbocycles. The van der Waals surface area contributed by atoms with Gasteiger partial charge in [-0.25, -0.2) is 9.97 Å². The monoisotopic (exact) mass is 524 g/mol. The predicted molar refractivity (Wildman–Crippen MR) is 141 cm³/mol. The maximum absolute atomic E-state index is 12.9. The summed E-state index contributed by atoms with van der Waals surface area (Å²) in [6.45, 7) is 0.941. The zero-order valence-corrected chi connectivity index (χ0v) is 20.8. The van der Waals surface area contributed by atoms with Crippen molar-refractivity contribution in [1.82, 2.24) is 35.5 Å². The fraction of sp³-hybridized carbons (Fsp3) is 0.227. The van der Waals surface area contributed by atoms with Crippen LogP contribution >= 0.6 is 35.3 Å². The predicted octanol–water partition coefficient (Wildman–Crippen LogP) is 3.11. The van der Waals surface area contributed by atoms with Crippen LogP contribution in [0, 0.1) is 0 Å². The van der Waals surface area contributed by atoms with Gasteiger partial charge in [0.25, 0.3) is 5.91 Å². The summed E-state index contributed by atoms with van der Waals surface area (Å²) in [5, 5.41) is 29.0. The third-order valence-electron chi connectivity index (χ3n) is 5.31. The Kier molecular flexibility index (Phi) is 7.08. The smallest absolute Gasteiger partial charge is 0.266 e. The quantitative estimate of drug-likeness (QED) is 0.222. The Morgan fingerprint density at radius 2 is 2.14 bits per heavy atom. The van der Waals surface area contributed by atoms with Crippen LogP contribution in [0.15, 0.2) is 40.9 Å². The van der Waals surface area contributed by atoms with E-state index in [0.29, 0.717) is 46.8 Å². The van der Waals surface area contributed by atoms with Crippen LogP contribution in [0.25, 0.3) is 28.1 Å². The second kappa shape index (κ2) is 10.6. The number of rotatable bonds is 9. The van der Waals surface area contributed by atoms with Crippen LogP contribution in [0.4, 0.5) is 5.82 Å². The molecule has 4 aromatic rings. The summed E-state index contributed by atoms with van der Waals surface area (Å²) in [6, 6.07) is 8.05. The van der Waals surface area contributed by atoms with E-state index in [2.05, 4.69) is 47.4 Å². The van der Waals surface area contributed by atoms with Crippen LogP contribution in [0.2, 0.25) is 0 Å². The lowest BCUT2D eigenvalue weighted by molar-refractivity contribution is -0.122. The first kappa shape index (κ1) is 23.5. The van der Waals surface area contributed by atoms with E-state index in [0.717, 1.165) is 26.9 Å². The Morgan fingerprint density at radius 3 is 2.97 bits per heavy atom. The molecule has 0 spiro atoms. The fourth-order valence-corrected chi connectivity index (χ4v) is 5.86. The summed E-state index contributed by atoms with van der Waals surface area (Å²) in [7, 11) is 0. The van der Waals surface area contributed by atoms with Crippen molar-refractivity contribution in [3.8, 4) is 11.1 Å². The number of thioether (sulfide) groups is 1. The summed E-state index contributed by atoms with van der Waals surface area (Å²) in [5.74, 6) is 1.23. The number of tetrazole rings is 1. The second-order valence-electron chi connectivity index (χ2n) is 7.61. The number of aryl methyl sites for hydroxylation is 1. The average molecular weight is 525 g/mol. The molecule has 13 heteroatoms. The lowest BCUT2D eigenvalue weighted by Crippen LogP contribution is -2.29. The lowest BCUT2D eigenvalue weighted by atomic mass is 10.1. The van der Waals surface area contributed by atoms with E-state index in [9.17, 15) is 4.79 Å². The molecule has 0 aliphatic carbocycles. The number of aliphatic hydroxyl groups excluding tert-OH is 1. The molecule has 3 N–H and O–H groups in total. The van der Waals surface area contributed by atoms with Gasteiger partial charge in [-0.05, 0) is 47.2 Å². The highest BCUT2D eigenvalue weighted by Crippen LogP contribution is 2.35. The van der Waals surface area contributed by atoms with Crippen LogP contribution < -0.4 is 5.32 Å². The largest absolute Gasteiger partial charge is 0.395 e. The number of benzene rings is 1. The summed E-state index contributed by atoms with van der Waals surface area (Å²) in [6.07, 6.45) is 4.72. The number of carbonyl (C=O) groups is 1. The van der Waals surface area contributed by atoms with Crippen molar-refractivity contribution in [1.29, 1.82) is 0 Å². The number of aromatic nitrogens is 6. The number of nitrogens with one attached hydrogen (secondary N) is 2. The van der Waals surface area contributed by atoms with Crippen LogP contribution in [-0.4, -0.2) is 70.5 Å². The normalized spacial score (nSPS) is 15.0. The van der Waals surface area contributed by atoms with Gasteiger partial charge < -0.3 is 10.4 Å². The fourth-order valence-electron chi connectivity index (χ4n) is 3.64. The van der Waals surface area contributed by atoms with Gasteiger partial charge in [0.05, 0.1) is 17.0 Å². The number of hydrogen-bond donors (Lipinski definition) is 3. The molecule has 5 rings (SSSR count). The standard InChI is InChI=1S/C22H20N8O2S3/c31-7-5-23-20-16-9-13(3-4-17(16)24-12-25-20)14-8-15(34-11-14)10-18-21(32)30(22(33)35-18)6-1-2-19-26-28-29-27-19/h3-4,8-12,31H,1-2,5-7H2,(H,23,24,25)(H,26,27,28,29). The van der Waals surface area contributed by atoms with E-state index in [1.807, 2.05) is 24.3 Å². The highest BCUT2D eigenvalue weighted by atomic mass is 32.2. The van der Waals surface area contributed by atoms with Gasteiger partial charge in [-0.3, -0.25) is 9.69 Å². The number of anilines is 1. The maximum Gasteiger partial charge on any atom is 0.266 e. The Bertz CT molecular complexity index is 1400. The number of nitrogens with zero attached hydrogens (tertiary/aromatic N) is 6. The number of aromatic amines is 1. The maximum atomic E-state index is 12.9. The topological polar surface area (TPSA) is 133 Å². The van der Waals surface area contributed by atoms with Gasteiger partial charge in [0.15, 0.2) is 5.82 Å². The van der Waals surface area contributed by atoms with Gasteiger partial charge in [-0.1, -0.05) is 35.3 Å². The molecule has 178 valence electrons. The SMILES string of the molecule is O=C1C(=Cc2cc(-c3ccc4ncnc(NCCO)c4c3)cs2)SC(=S)N1CCCc1nn[nH]n1. The molecule has 1 fully saturated rings. The number of thiophene rings is 1. The van der Waals surface area contributed by atoms with Gasteiger partial charge in [-0.2, -0.15) is 5.21 Å². The van der Waals surface area contributed by atoms with Crippen LogP contribution in [0.5, 0.6) is 0 Å². The van der Waals surface area contributed by atoms with E-state index in [1.54, 1.807) is 16.2 Å². The first-order valence-electron chi connectivity index (χ1n) is 10.8. The van der Waals surface area contributed by atoms with Gasteiger partial charge in [-0.15, -0.1) is 21.5 Å². The van der Waals surface area contributed by atoms with Gasteiger partial charge in [0.2, 0.25) is 0 Å². The third-order valence-corrected chi connectivity index (χ3v) is 7.57. The zero-order valence-electron chi connectivity index (χ0n) is 18.3. The molecule has 0 saturated carbocycles. The van der Waals surface area contributed by atoms with Crippen LogP contribution in [-0.2, 0) is 11.2 Å². The van der Waals surface area contributed by atoms with Gasteiger partial charge in [0, 0.05) is 29.8 Å². The molecule has 10 nitrogen and oxygen atoms in total. The number of amides is 1. The molecular formula is C22H20N8O2S3. The summed E-state index contributed by atoms with van der Waals surface area (Å²) >= 11 is 8.33. The molecule has 3 aromatic heterocycles. The Morgan fingerprint density at radius 1 is 1.23 bits per heavy atom. The third kappa shape index (κ3) is 5.22. The van der Waals surface area contributed by atoms with Crippen molar-refractivity contribution in [3.63, 3.8) is 0 Å². The van der Waals surface area contributed by atoms with Gasteiger partial charge >= 0.3 is 0 Å². The van der Waals surface area contributed by atoms with Crippen molar-refractivity contribution in [3.05, 3.63) is 51.6 Å². The van der Waals surface area contributed by atoms with E-state index in [1.165, 1.54) is 18.1 Å². The molecule has 0 atom stereocenters. The Balaban J connectivity index is 1.31. The van der Waals surface area contributed by atoms with Crippen molar-refractivity contribution < 1.29 is 9.90 Å². The second-order valence-corrected chi connectivity index (χ2v) is 10.2. The van der Waals surface area contributed by atoms with E-state index in [-0.39, 0.29) is 12.5 Å². The van der Waals surface area contributed by atoms with E-state index >= 15 is 0 Å². The Labute approximate surface area is 213 Å². The average Bonchev–Trinajstić information content (AvgIpc) is 3.61.